The lowest BCUT2D eigenvalue weighted by Gasteiger charge is -2.49. The van der Waals surface area contributed by atoms with Crippen LogP contribution in [-0.4, -0.2) is 74.5 Å². The predicted molar refractivity (Wildman–Crippen MR) is 246 cm³/mol. The van der Waals surface area contributed by atoms with Crippen molar-refractivity contribution < 1.29 is 52.2 Å². The first-order valence-electron chi connectivity index (χ1n) is 22.5. The van der Waals surface area contributed by atoms with E-state index in [0.29, 0.717) is 0 Å². The Morgan fingerprint density at radius 1 is 0.379 bits per heavy atom. The third kappa shape index (κ3) is 12.9. The minimum absolute atomic E-state index is 0.157. The zero-order valence-corrected chi connectivity index (χ0v) is 37.3. The largest absolute Gasteiger partial charge is 0.467 e. The van der Waals surface area contributed by atoms with E-state index in [2.05, 4.69) is 0 Å². The second kappa shape index (κ2) is 24.3. The number of carbonyl (C=O) groups is 1. The molecule has 344 valence electrons. The summed E-state index contributed by atoms with van der Waals surface area (Å²) in [4.78, 5) is 14.0. The summed E-state index contributed by atoms with van der Waals surface area (Å²) in [6, 6.07) is 59.0. The summed E-state index contributed by atoms with van der Waals surface area (Å²) < 4.78 is 67.0. The van der Waals surface area contributed by atoms with Gasteiger partial charge in [-0.05, 0) is 40.3 Å². The normalized spacial score (nSPS) is 25.2. The van der Waals surface area contributed by atoms with Gasteiger partial charge in [0, 0.05) is 0 Å². The van der Waals surface area contributed by atoms with Crippen LogP contribution in [0.1, 0.15) is 40.3 Å². The molecule has 0 saturated carbocycles. The van der Waals surface area contributed by atoms with Gasteiger partial charge >= 0.3 is 5.97 Å². The fraction of sp³-hybridized carbons (Fsp3) is 0.327. The van der Waals surface area contributed by atoms with E-state index in [-0.39, 0.29) is 39.6 Å². The molecule has 2 aliphatic rings. The summed E-state index contributed by atoms with van der Waals surface area (Å²) in [6.45, 7) is 3.17. The molecule has 11 heteroatoms. The highest BCUT2D eigenvalue weighted by atomic mass is 16.8. The van der Waals surface area contributed by atoms with Crippen molar-refractivity contribution in [3.05, 3.63) is 215 Å². The van der Waals surface area contributed by atoms with E-state index < -0.39 is 67.4 Å². The van der Waals surface area contributed by atoms with Crippen LogP contribution in [0.4, 0.5) is 0 Å². The summed E-state index contributed by atoms with van der Waals surface area (Å²) in [7, 11) is 1.32. The van der Waals surface area contributed by atoms with Gasteiger partial charge in [-0.3, -0.25) is 0 Å². The quantitative estimate of drug-likeness (QED) is 0.0646. The Morgan fingerprint density at radius 2 is 0.697 bits per heavy atom. The Balaban J connectivity index is 1.19. The van der Waals surface area contributed by atoms with E-state index in [1.165, 1.54) is 7.11 Å². The summed E-state index contributed by atoms with van der Waals surface area (Å²) in [5.41, 5.74) is 5.60. The van der Waals surface area contributed by atoms with Gasteiger partial charge in [0.1, 0.15) is 36.6 Å². The van der Waals surface area contributed by atoms with E-state index in [1.807, 2.05) is 189 Å². The molecule has 10 atom stereocenters. The van der Waals surface area contributed by atoms with Gasteiger partial charge in [-0.2, -0.15) is 0 Å². The number of rotatable bonds is 21. The third-order valence-corrected chi connectivity index (χ3v) is 11.6. The first kappa shape index (κ1) is 46.9. The van der Waals surface area contributed by atoms with Gasteiger partial charge in [0.25, 0.3) is 0 Å². The van der Waals surface area contributed by atoms with E-state index in [0.717, 1.165) is 33.4 Å². The standard InChI is InChI=1S/C55H58O11/c1-39-46(58-33-40-21-9-3-10-22-40)47(59-34-41-23-11-4-12-24-41)52(54(64-39)63-38-45-31-19-8-20-32-45)66-55-51(62-37-44-29-17-7-18-30-44)49(61-36-43-27-15-6-16-28-43)48(50(65-55)53(56)57-2)60-35-42-25-13-5-14-26-42/h3-32,39,46-52,54-55H,33-38H2,1-2H3/t39-,46-,47+,48-,49-,50-,51+,52+,54?,55+/m0/s1. The third-order valence-electron chi connectivity index (χ3n) is 11.6. The van der Waals surface area contributed by atoms with Gasteiger partial charge in [0.2, 0.25) is 0 Å². The molecule has 0 bridgehead atoms. The van der Waals surface area contributed by atoms with Crippen LogP contribution >= 0.6 is 0 Å². The molecule has 0 aliphatic carbocycles. The summed E-state index contributed by atoms with van der Waals surface area (Å²) in [6.07, 6.45) is -9.44. The van der Waals surface area contributed by atoms with Gasteiger partial charge in [0.15, 0.2) is 18.7 Å². The van der Waals surface area contributed by atoms with E-state index in [4.69, 9.17) is 47.4 Å². The predicted octanol–water partition coefficient (Wildman–Crippen LogP) is 9.16. The number of hydrogen-bond donors (Lipinski definition) is 0. The summed E-state index contributed by atoms with van der Waals surface area (Å²) >= 11 is 0. The highest BCUT2D eigenvalue weighted by Gasteiger charge is 2.55. The lowest BCUT2D eigenvalue weighted by Crippen LogP contribution is -2.66. The SMILES string of the molecule is COC(=O)[C@H]1O[C@H](O[C@H]2C(OCc3ccccc3)O[C@@H](C)[C@H](OCc3ccccc3)[C@H]2OCc2ccccc2)[C@H](OCc2ccccc2)[C@@H](OCc2ccccc2)[C@@H]1OCc1ccccc1. The Bertz CT molecular complexity index is 2290. The molecule has 8 rings (SSSR count). The Hall–Kier alpha value is -5.57. The fourth-order valence-electron chi connectivity index (χ4n) is 8.19. The molecule has 2 aliphatic heterocycles. The van der Waals surface area contributed by atoms with Crippen LogP contribution in [-0.2, 0) is 91.8 Å². The highest BCUT2D eigenvalue weighted by molar-refractivity contribution is 5.75. The van der Waals surface area contributed by atoms with Crippen molar-refractivity contribution in [1.82, 2.24) is 0 Å². The molecule has 6 aromatic carbocycles. The van der Waals surface area contributed by atoms with E-state index in [9.17, 15) is 4.79 Å². The molecule has 0 amide bonds. The molecule has 0 N–H and O–H groups in total. The van der Waals surface area contributed by atoms with Crippen molar-refractivity contribution >= 4 is 5.97 Å². The van der Waals surface area contributed by atoms with Crippen molar-refractivity contribution in [2.45, 2.75) is 108 Å². The Morgan fingerprint density at radius 3 is 1.08 bits per heavy atom. The van der Waals surface area contributed by atoms with Crippen molar-refractivity contribution in [3.8, 4) is 0 Å². The second-order valence-corrected chi connectivity index (χ2v) is 16.4. The molecule has 0 radical (unpaired) electrons. The number of benzene rings is 6. The minimum atomic E-state index is -1.30. The smallest absolute Gasteiger partial charge is 0.337 e. The molecule has 1 unspecified atom stereocenters. The first-order chi connectivity index (χ1) is 32.5. The molecule has 11 nitrogen and oxygen atoms in total. The average Bonchev–Trinajstić information content (AvgIpc) is 3.37. The maximum Gasteiger partial charge on any atom is 0.337 e. The number of methoxy groups -OCH3 is 1. The van der Waals surface area contributed by atoms with Crippen LogP contribution in [0.3, 0.4) is 0 Å². The maximum absolute atomic E-state index is 14.0. The first-order valence-corrected chi connectivity index (χ1v) is 22.5. The zero-order valence-electron chi connectivity index (χ0n) is 37.3. The van der Waals surface area contributed by atoms with Crippen LogP contribution in [0.2, 0.25) is 0 Å². The van der Waals surface area contributed by atoms with Crippen LogP contribution < -0.4 is 0 Å². The van der Waals surface area contributed by atoms with Crippen LogP contribution in [0.15, 0.2) is 182 Å². The molecule has 6 aromatic rings. The topological polar surface area (TPSA) is 109 Å². The van der Waals surface area contributed by atoms with Gasteiger partial charge < -0.3 is 47.4 Å². The molecule has 2 saturated heterocycles. The maximum atomic E-state index is 14.0. The van der Waals surface area contributed by atoms with Gasteiger partial charge in [-0.1, -0.05) is 182 Å². The van der Waals surface area contributed by atoms with Crippen LogP contribution in [0, 0.1) is 0 Å². The molecule has 2 heterocycles. The monoisotopic (exact) mass is 894 g/mol. The van der Waals surface area contributed by atoms with Crippen LogP contribution in [0.5, 0.6) is 0 Å². The number of carbonyl (C=O) groups excluding carboxylic acids is 1. The number of hydrogen-bond acceptors (Lipinski definition) is 11. The molecule has 0 aromatic heterocycles. The molecular weight excluding hydrogens is 837 g/mol. The van der Waals surface area contributed by atoms with E-state index in [1.54, 1.807) is 0 Å². The highest BCUT2D eigenvalue weighted by Crippen LogP contribution is 2.37. The lowest BCUT2D eigenvalue weighted by molar-refractivity contribution is -0.377. The summed E-state index contributed by atoms with van der Waals surface area (Å²) in [5.74, 6) is -0.664. The van der Waals surface area contributed by atoms with Crippen molar-refractivity contribution in [2.24, 2.45) is 0 Å². The Kier molecular flexibility index (Phi) is 17.3. The van der Waals surface area contributed by atoms with Gasteiger partial charge in [-0.25, -0.2) is 4.79 Å². The van der Waals surface area contributed by atoms with E-state index >= 15 is 0 Å². The average molecular weight is 895 g/mol. The van der Waals surface area contributed by atoms with Gasteiger partial charge in [-0.15, -0.1) is 0 Å². The molecular formula is C55H58O11. The molecule has 0 spiro atoms. The number of ether oxygens (including phenoxy) is 10. The number of esters is 1. The van der Waals surface area contributed by atoms with Crippen molar-refractivity contribution in [3.63, 3.8) is 0 Å². The second-order valence-electron chi connectivity index (χ2n) is 16.4. The fourth-order valence-corrected chi connectivity index (χ4v) is 8.19. The minimum Gasteiger partial charge on any atom is -0.467 e. The van der Waals surface area contributed by atoms with Crippen molar-refractivity contribution in [2.75, 3.05) is 7.11 Å². The van der Waals surface area contributed by atoms with Gasteiger partial charge in [0.05, 0.1) is 52.9 Å². The molecule has 2 fully saturated rings. The summed E-state index contributed by atoms with van der Waals surface area (Å²) in [5, 5.41) is 0. The lowest BCUT2D eigenvalue weighted by atomic mass is 9.96. The Labute approximate surface area is 387 Å². The van der Waals surface area contributed by atoms with Crippen molar-refractivity contribution in [1.29, 1.82) is 0 Å². The zero-order chi connectivity index (χ0) is 45.3. The van der Waals surface area contributed by atoms with Crippen LogP contribution in [0.25, 0.3) is 0 Å². The molecule has 66 heavy (non-hydrogen) atoms.